The number of hydrogen-bond acceptors (Lipinski definition) is 5. The predicted molar refractivity (Wildman–Crippen MR) is 110 cm³/mol. The number of likely N-dealkylation sites (N-methyl/N-ethyl adjacent to an activating group) is 1. The van der Waals surface area contributed by atoms with Crippen LogP contribution < -0.4 is 5.73 Å². The van der Waals surface area contributed by atoms with Gasteiger partial charge in [-0.25, -0.2) is 14.6 Å². The van der Waals surface area contributed by atoms with Gasteiger partial charge in [0.15, 0.2) is 0 Å². The number of nitrogens with zero attached hydrogens (tertiary/aromatic N) is 5. The minimum absolute atomic E-state index is 0. The molecule has 0 spiro atoms. The van der Waals surface area contributed by atoms with Gasteiger partial charge >= 0.3 is 0 Å². The maximum absolute atomic E-state index is 12.7. The maximum Gasteiger partial charge on any atom is 0.251 e. The molecule has 150 valence electrons. The highest BCUT2D eigenvalue weighted by Crippen LogP contribution is 2.19. The first-order valence-electron chi connectivity index (χ1n) is 8.86. The van der Waals surface area contributed by atoms with Crippen LogP contribution in [0.5, 0.6) is 0 Å². The molecule has 0 aliphatic heterocycles. The van der Waals surface area contributed by atoms with Crippen molar-refractivity contribution in [2.24, 2.45) is 11.1 Å². The van der Waals surface area contributed by atoms with Crippen LogP contribution in [-0.2, 0) is 11.2 Å². The molecule has 0 unspecified atom stereocenters. The standard InChI is InChI=1S/C19H30N6O.ClH/c1-12-8-13(2)22-18(21-12)25-15(4)16(14(3)23-25)9-17(26)24(7)11-19(5,6)10-20;/h8H,9-11,20H2,1-7H3;1H. The van der Waals surface area contributed by atoms with Gasteiger partial charge in [-0.05, 0) is 45.7 Å². The van der Waals surface area contributed by atoms with Gasteiger partial charge in [-0.1, -0.05) is 13.8 Å². The predicted octanol–water partition coefficient (Wildman–Crippen LogP) is 2.30. The second-order valence-corrected chi connectivity index (χ2v) is 7.81. The molecule has 0 aromatic carbocycles. The third-order valence-corrected chi connectivity index (χ3v) is 4.57. The van der Waals surface area contributed by atoms with Crippen LogP contribution in [-0.4, -0.2) is 50.7 Å². The summed E-state index contributed by atoms with van der Waals surface area (Å²) < 4.78 is 1.72. The first-order chi connectivity index (χ1) is 12.0. The molecular weight excluding hydrogens is 364 g/mol. The molecule has 0 fully saturated rings. The Labute approximate surface area is 167 Å². The molecule has 2 aromatic rings. The van der Waals surface area contributed by atoms with Crippen molar-refractivity contribution in [3.63, 3.8) is 0 Å². The van der Waals surface area contributed by atoms with Crippen molar-refractivity contribution in [2.75, 3.05) is 20.1 Å². The van der Waals surface area contributed by atoms with E-state index < -0.39 is 0 Å². The van der Waals surface area contributed by atoms with Crippen LogP contribution in [0.4, 0.5) is 0 Å². The van der Waals surface area contributed by atoms with Gasteiger partial charge in [0.05, 0.1) is 12.1 Å². The number of carbonyl (C=O) groups is 1. The summed E-state index contributed by atoms with van der Waals surface area (Å²) >= 11 is 0. The van der Waals surface area contributed by atoms with Crippen LogP contribution in [0.3, 0.4) is 0 Å². The molecule has 27 heavy (non-hydrogen) atoms. The van der Waals surface area contributed by atoms with Crippen molar-refractivity contribution in [1.82, 2.24) is 24.6 Å². The number of carbonyl (C=O) groups excluding carboxylic acids is 1. The number of nitrogens with two attached hydrogens (primary N) is 1. The van der Waals surface area contributed by atoms with Crippen molar-refractivity contribution in [2.45, 2.75) is 48.0 Å². The number of halogens is 1. The van der Waals surface area contributed by atoms with Crippen molar-refractivity contribution in [3.05, 3.63) is 34.4 Å². The zero-order chi connectivity index (χ0) is 19.6. The Bertz CT molecular complexity index is 795. The summed E-state index contributed by atoms with van der Waals surface area (Å²) in [5.41, 5.74) is 10.1. The van der Waals surface area contributed by atoms with Crippen LogP contribution in [0.1, 0.15) is 42.2 Å². The van der Waals surface area contributed by atoms with Gasteiger partial charge in [-0.15, -0.1) is 12.4 Å². The average Bonchev–Trinajstić information content (AvgIpc) is 2.81. The van der Waals surface area contributed by atoms with Gasteiger partial charge in [0, 0.05) is 36.2 Å². The molecule has 7 nitrogen and oxygen atoms in total. The number of aryl methyl sites for hydroxylation is 3. The third-order valence-electron chi connectivity index (χ3n) is 4.57. The van der Waals surface area contributed by atoms with Crippen LogP contribution in [0, 0.1) is 33.1 Å². The second kappa shape index (κ2) is 8.80. The topological polar surface area (TPSA) is 89.9 Å². The summed E-state index contributed by atoms with van der Waals surface area (Å²) in [6.45, 7) is 13.0. The van der Waals surface area contributed by atoms with E-state index in [1.165, 1.54) is 0 Å². The molecule has 2 heterocycles. The van der Waals surface area contributed by atoms with E-state index in [1.807, 2.05) is 40.8 Å². The fourth-order valence-corrected chi connectivity index (χ4v) is 3.01. The molecule has 1 amide bonds. The summed E-state index contributed by atoms with van der Waals surface area (Å²) in [4.78, 5) is 23.4. The largest absolute Gasteiger partial charge is 0.345 e. The van der Waals surface area contributed by atoms with E-state index in [0.29, 0.717) is 25.5 Å². The van der Waals surface area contributed by atoms with Gasteiger partial charge < -0.3 is 10.6 Å². The lowest BCUT2D eigenvalue weighted by Crippen LogP contribution is -2.40. The molecule has 2 rings (SSSR count). The molecule has 2 N–H and O–H groups in total. The highest BCUT2D eigenvalue weighted by atomic mass is 35.5. The summed E-state index contributed by atoms with van der Waals surface area (Å²) in [5.74, 6) is 0.595. The highest BCUT2D eigenvalue weighted by Gasteiger charge is 2.23. The summed E-state index contributed by atoms with van der Waals surface area (Å²) in [5, 5.41) is 4.57. The molecule has 2 aromatic heterocycles. The Balaban J connectivity index is 0.00000364. The zero-order valence-electron chi connectivity index (χ0n) is 17.3. The third kappa shape index (κ3) is 5.49. The van der Waals surface area contributed by atoms with E-state index in [4.69, 9.17) is 5.73 Å². The van der Waals surface area contributed by atoms with Gasteiger partial charge in [-0.2, -0.15) is 5.10 Å². The van der Waals surface area contributed by atoms with Gasteiger partial charge in [0.1, 0.15) is 0 Å². The Hall–Kier alpha value is -1.99. The second-order valence-electron chi connectivity index (χ2n) is 7.81. The summed E-state index contributed by atoms with van der Waals surface area (Å²) in [7, 11) is 1.82. The number of amides is 1. The van der Waals surface area contributed by atoms with Crippen LogP contribution in [0.15, 0.2) is 6.07 Å². The molecule has 0 atom stereocenters. The van der Waals surface area contributed by atoms with Crippen molar-refractivity contribution in [1.29, 1.82) is 0 Å². The molecule has 8 heteroatoms. The van der Waals surface area contributed by atoms with Crippen molar-refractivity contribution in [3.8, 4) is 5.95 Å². The number of rotatable bonds is 6. The highest BCUT2D eigenvalue weighted by molar-refractivity contribution is 5.85. The van der Waals surface area contributed by atoms with Crippen LogP contribution >= 0.6 is 12.4 Å². The monoisotopic (exact) mass is 394 g/mol. The Morgan fingerprint density at radius 2 is 1.74 bits per heavy atom. The average molecular weight is 395 g/mol. The SMILES string of the molecule is Cc1cc(C)nc(-n2nc(C)c(CC(=O)N(C)CC(C)(C)CN)c2C)n1.Cl. The minimum Gasteiger partial charge on any atom is -0.345 e. The Morgan fingerprint density at radius 1 is 1.19 bits per heavy atom. The first kappa shape index (κ1) is 23.0. The normalized spacial score (nSPS) is 11.3. The van der Waals surface area contributed by atoms with E-state index in [2.05, 4.69) is 28.9 Å². The lowest BCUT2D eigenvalue weighted by molar-refractivity contribution is -0.130. The number of aromatic nitrogens is 4. The molecule has 0 radical (unpaired) electrons. The van der Waals surface area contributed by atoms with E-state index in [1.54, 1.807) is 9.58 Å². The quantitative estimate of drug-likeness (QED) is 0.811. The van der Waals surface area contributed by atoms with Crippen LogP contribution in [0.2, 0.25) is 0 Å². The van der Waals surface area contributed by atoms with Gasteiger partial charge in [0.25, 0.3) is 5.95 Å². The van der Waals surface area contributed by atoms with Gasteiger partial charge in [-0.3, -0.25) is 4.79 Å². The Kier molecular flexibility index (Phi) is 7.51. The Morgan fingerprint density at radius 3 is 2.26 bits per heavy atom. The molecule has 0 bridgehead atoms. The van der Waals surface area contributed by atoms with Crippen molar-refractivity contribution < 1.29 is 4.79 Å². The van der Waals surface area contributed by atoms with Crippen LogP contribution in [0.25, 0.3) is 5.95 Å². The summed E-state index contributed by atoms with van der Waals surface area (Å²) in [6, 6.07) is 1.92. The van der Waals surface area contributed by atoms with E-state index >= 15 is 0 Å². The van der Waals surface area contributed by atoms with E-state index in [9.17, 15) is 4.79 Å². The molecule has 0 saturated carbocycles. The molecular formula is C19H31ClN6O. The molecule has 0 aliphatic carbocycles. The zero-order valence-corrected chi connectivity index (χ0v) is 18.1. The first-order valence-corrected chi connectivity index (χ1v) is 8.86. The fourth-order valence-electron chi connectivity index (χ4n) is 3.01. The molecule has 0 aliphatic rings. The minimum atomic E-state index is -0.106. The maximum atomic E-state index is 12.7. The van der Waals surface area contributed by atoms with Gasteiger partial charge in [0.2, 0.25) is 5.91 Å². The smallest absolute Gasteiger partial charge is 0.251 e. The summed E-state index contributed by atoms with van der Waals surface area (Å²) in [6.07, 6.45) is 0.305. The van der Waals surface area contributed by atoms with E-state index in [-0.39, 0.29) is 23.7 Å². The van der Waals surface area contributed by atoms with E-state index in [0.717, 1.165) is 28.3 Å². The lowest BCUT2D eigenvalue weighted by Gasteiger charge is -2.29. The molecule has 0 saturated heterocycles. The van der Waals surface area contributed by atoms with Crippen molar-refractivity contribution >= 4 is 18.3 Å². The lowest BCUT2D eigenvalue weighted by atomic mass is 9.93. The number of hydrogen-bond donors (Lipinski definition) is 1. The fraction of sp³-hybridized carbons (Fsp3) is 0.579.